The Hall–Kier alpha value is -2.35. The number of rotatable bonds is 3. The van der Waals surface area contributed by atoms with E-state index in [0.29, 0.717) is 43.1 Å². The molecule has 2 aliphatic heterocycles. The lowest BCUT2D eigenvalue weighted by Crippen LogP contribution is -2.35. The minimum Gasteiger partial charge on any atom is -0.376 e. The maximum absolute atomic E-state index is 13.3. The van der Waals surface area contributed by atoms with Gasteiger partial charge in [0.15, 0.2) is 5.82 Å². The van der Waals surface area contributed by atoms with Crippen LogP contribution in [-0.4, -0.2) is 43.7 Å². The van der Waals surface area contributed by atoms with Gasteiger partial charge in [0, 0.05) is 25.7 Å². The first kappa shape index (κ1) is 15.9. The molecule has 0 bridgehead atoms. The van der Waals surface area contributed by atoms with Gasteiger partial charge in [-0.25, -0.2) is 9.89 Å². The van der Waals surface area contributed by atoms with Gasteiger partial charge in [0.25, 0.3) is 5.91 Å². The standard InChI is InChI=1S/C18H23N5O3/c1-22-16(20-21-18(22)25)15-12(10-2-3-10)4-6-23(15)17(24)14-8-11-9-26-7-5-13(11)19-14/h8,10,12,15,19H,2-7,9H2,1H3,(H,21,25). The van der Waals surface area contributed by atoms with E-state index in [4.69, 9.17) is 4.74 Å². The molecule has 1 aliphatic carbocycles. The van der Waals surface area contributed by atoms with Crippen LogP contribution in [0.2, 0.25) is 0 Å². The van der Waals surface area contributed by atoms with Crippen LogP contribution in [0.4, 0.5) is 0 Å². The summed E-state index contributed by atoms with van der Waals surface area (Å²) in [6, 6.07) is 1.78. The first-order chi connectivity index (χ1) is 12.6. The highest BCUT2D eigenvalue weighted by Crippen LogP contribution is 2.50. The molecule has 2 unspecified atom stereocenters. The monoisotopic (exact) mass is 357 g/mol. The number of amides is 1. The molecule has 2 aromatic rings. The molecule has 8 nitrogen and oxygen atoms in total. The van der Waals surface area contributed by atoms with E-state index >= 15 is 0 Å². The molecule has 4 heterocycles. The molecule has 5 rings (SSSR count). The van der Waals surface area contributed by atoms with Crippen molar-refractivity contribution in [2.45, 2.75) is 38.3 Å². The molecule has 0 spiro atoms. The molecule has 1 saturated heterocycles. The highest BCUT2D eigenvalue weighted by Gasteiger charge is 2.47. The van der Waals surface area contributed by atoms with Gasteiger partial charge < -0.3 is 14.6 Å². The van der Waals surface area contributed by atoms with Gasteiger partial charge in [-0.15, -0.1) is 0 Å². The van der Waals surface area contributed by atoms with Gasteiger partial charge in [0.2, 0.25) is 0 Å². The van der Waals surface area contributed by atoms with E-state index in [1.807, 2.05) is 11.0 Å². The SMILES string of the molecule is Cn1c(C2C(C3CC3)CCN2C(=O)c2cc3c([nH]2)CCOC3)n[nH]c1=O. The van der Waals surface area contributed by atoms with Crippen LogP contribution < -0.4 is 5.69 Å². The van der Waals surface area contributed by atoms with Gasteiger partial charge in [-0.1, -0.05) is 0 Å². The van der Waals surface area contributed by atoms with Gasteiger partial charge in [0.05, 0.1) is 19.3 Å². The van der Waals surface area contributed by atoms with Crippen molar-refractivity contribution in [3.05, 3.63) is 39.3 Å². The minimum absolute atomic E-state index is 0.0111. The number of ether oxygens (including phenoxy) is 1. The van der Waals surface area contributed by atoms with Crippen LogP contribution in [0.25, 0.3) is 0 Å². The van der Waals surface area contributed by atoms with Crippen molar-refractivity contribution in [2.24, 2.45) is 18.9 Å². The molecular weight excluding hydrogens is 334 g/mol. The number of likely N-dealkylation sites (tertiary alicyclic amines) is 1. The van der Waals surface area contributed by atoms with Crippen molar-refractivity contribution in [1.82, 2.24) is 24.6 Å². The highest BCUT2D eigenvalue weighted by atomic mass is 16.5. The van der Waals surface area contributed by atoms with Crippen LogP contribution in [0, 0.1) is 11.8 Å². The zero-order valence-electron chi connectivity index (χ0n) is 14.8. The third-order valence-electron chi connectivity index (χ3n) is 6.09. The van der Waals surface area contributed by atoms with E-state index in [1.165, 1.54) is 12.8 Å². The fraction of sp³-hybridized carbons (Fsp3) is 0.611. The normalized spacial score (nSPS) is 25.5. The summed E-state index contributed by atoms with van der Waals surface area (Å²) >= 11 is 0. The second-order valence-electron chi connectivity index (χ2n) is 7.67. The van der Waals surface area contributed by atoms with E-state index in [0.717, 1.165) is 24.1 Å². The molecular formula is C18H23N5O3. The second-order valence-corrected chi connectivity index (χ2v) is 7.67. The molecule has 2 fully saturated rings. The quantitative estimate of drug-likeness (QED) is 0.860. The third kappa shape index (κ3) is 2.43. The molecule has 0 aromatic carbocycles. The molecule has 2 aromatic heterocycles. The highest BCUT2D eigenvalue weighted by molar-refractivity contribution is 5.93. The molecule has 2 N–H and O–H groups in total. The van der Waals surface area contributed by atoms with Gasteiger partial charge in [0.1, 0.15) is 5.69 Å². The Labute approximate surface area is 150 Å². The average Bonchev–Trinajstić information content (AvgIpc) is 3.12. The van der Waals surface area contributed by atoms with Crippen molar-refractivity contribution in [3.63, 3.8) is 0 Å². The lowest BCUT2D eigenvalue weighted by Gasteiger charge is -2.27. The first-order valence-electron chi connectivity index (χ1n) is 9.34. The number of hydrogen-bond donors (Lipinski definition) is 2. The van der Waals surface area contributed by atoms with Crippen LogP contribution in [0.3, 0.4) is 0 Å². The number of carbonyl (C=O) groups is 1. The van der Waals surface area contributed by atoms with Gasteiger partial charge in [-0.05, 0) is 42.7 Å². The van der Waals surface area contributed by atoms with Crippen LogP contribution in [0.5, 0.6) is 0 Å². The topological polar surface area (TPSA) is 96.0 Å². The summed E-state index contributed by atoms with van der Waals surface area (Å²) in [6.45, 7) is 1.94. The third-order valence-corrected chi connectivity index (χ3v) is 6.09. The summed E-state index contributed by atoms with van der Waals surface area (Å²) in [4.78, 5) is 30.4. The molecule has 3 aliphatic rings. The average molecular weight is 357 g/mol. The van der Waals surface area contributed by atoms with E-state index in [2.05, 4.69) is 15.2 Å². The molecule has 1 saturated carbocycles. The van der Waals surface area contributed by atoms with Crippen LogP contribution in [0.1, 0.15) is 52.9 Å². The summed E-state index contributed by atoms with van der Waals surface area (Å²) in [6.07, 6.45) is 4.18. The molecule has 0 radical (unpaired) electrons. The zero-order chi connectivity index (χ0) is 17.8. The fourth-order valence-electron chi connectivity index (χ4n) is 4.53. The summed E-state index contributed by atoms with van der Waals surface area (Å²) < 4.78 is 7.02. The van der Waals surface area contributed by atoms with Gasteiger partial charge in [-0.3, -0.25) is 9.36 Å². The van der Waals surface area contributed by atoms with Crippen molar-refractivity contribution in [3.8, 4) is 0 Å². The van der Waals surface area contributed by atoms with Crippen molar-refractivity contribution < 1.29 is 9.53 Å². The molecule has 26 heavy (non-hydrogen) atoms. The van der Waals surface area contributed by atoms with Crippen LogP contribution >= 0.6 is 0 Å². The van der Waals surface area contributed by atoms with E-state index in [-0.39, 0.29) is 17.6 Å². The van der Waals surface area contributed by atoms with Crippen LogP contribution in [0.15, 0.2) is 10.9 Å². The molecule has 2 atom stereocenters. The predicted octanol–water partition coefficient (Wildman–Crippen LogP) is 1.12. The molecule has 8 heteroatoms. The summed E-state index contributed by atoms with van der Waals surface area (Å²) in [5.41, 5.74) is 2.55. The van der Waals surface area contributed by atoms with E-state index in [9.17, 15) is 9.59 Å². The Morgan fingerprint density at radius 1 is 1.35 bits per heavy atom. The molecule has 1 amide bonds. The fourth-order valence-corrected chi connectivity index (χ4v) is 4.53. The Morgan fingerprint density at radius 2 is 2.19 bits per heavy atom. The number of nitrogens with one attached hydrogen (secondary N) is 2. The Bertz CT molecular complexity index is 883. The second kappa shape index (κ2) is 5.84. The Balaban J connectivity index is 1.50. The predicted molar refractivity (Wildman–Crippen MR) is 92.6 cm³/mol. The Kier molecular flexibility index (Phi) is 3.56. The Morgan fingerprint density at radius 3 is 2.88 bits per heavy atom. The van der Waals surface area contributed by atoms with Gasteiger partial charge >= 0.3 is 5.69 Å². The lowest BCUT2D eigenvalue weighted by atomic mass is 9.94. The van der Waals surface area contributed by atoms with E-state index < -0.39 is 0 Å². The van der Waals surface area contributed by atoms with Gasteiger partial charge in [-0.2, -0.15) is 5.10 Å². The summed E-state index contributed by atoms with van der Waals surface area (Å²) in [7, 11) is 1.72. The molecule has 138 valence electrons. The van der Waals surface area contributed by atoms with Crippen molar-refractivity contribution in [1.29, 1.82) is 0 Å². The smallest absolute Gasteiger partial charge is 0.343 e. The maximum Gasteiger partial charge on any atom is 0.343 e. The first-order valence-corrected chi connectivity index (χ1v) is 9.34. The number of aromatic nitrogens is 4. The number of carbonyl (C=O) groups excluding carboxylic acids is 1. The van der Waals surface area contributed by atoms with E-state index in [1.54, 1.807) is 11.6 Å². The zero-order valence-corrected chi connectivity index (χ0v) is 14.8. The summed E-state index contributed by atoms with van der Waals surface area (Å²) in [5.74, 6) is 1.66. The van der Waals surface area contributed by atoms with Crippen molar-refractivity contribution in [2.75, 3.05) is 13.2 Å². The number of aromatic amines is 2. The van der Waals surface area contributed by atoms with Crippen molar-refractivity contribution >= 4 is 5.91 Å². The maximum atomic E-state index is 13.3. The minimum atomic E-state index is -0.235. The lowest BCUT2D eigenvalue weighted by molar-refractivity contribution is 0.0696. The summed E-state index contributed by atoms with van der Waals surface area (Å²) in [5, 5.41) is 6.78. The number of nitrogens with zero attached hydrogens (tertiary/aromatic N) is 3. The largest absolute Gasteiger partial charge is 0.376 e. The number of fused-ring (bicyclic) bond motifs is 1. The number of H-pyrrole nitrogens is 2. The van der Waals surface area contributed by atoms with Crippen LogP contribution in [-0.2, 0) is 24.8 Å². The number of hydrogen-bond acceptors (Lipinski definition) is 4.